The highest BCUT2D eigenvalue weighted by Crippen LogP contribution is 2.28. The Kier molecular flexibility index (Phi) is 4.19. The van der Waals surface area contributed by atoms with Crippen LogP contribution in [0.15, 0.2) is 36.7 Å². The molecule has 30 heavy (non-hydrogen) atoms. The number of anilines is 3. The lowest BCUT2D eigenvalue weighted by Gasteiger charge is -2.40. The molecule has 10 nitrogen and oxygen atoms in total. The SMILES string of the molecule is C[C@H]1CN(C(=O)Nc2cccc3cc[nH]c23)CCN1c1nc(N)nc2c1cnn2C. The Morgan fingerprint density at radius 2 is 2.13 bits per heavy atom. The molecule has 1 aliphatic heterocycles. The number of aryl methyl sites for hydroxylation is 1. The van der Waals surface area contributed by atoms with E-state index in [-0.39, 0.29) is 18.0 Å². The third-order valence-electron chi connectivity index (χ3n) is 5.60. The van der Waals surface area contributed by atoms with Crippen LogP contribution in [-0.4, -0.2) is 61.3 Å². The van der Waals surface area contributed by atoms with Crippen LogP contribution in [-0.2, 0) is 7.05 Å². The van der Waals surface area contributed by atoms with Crippen LogP contribution in [0.3, 0.4) is 0 Å². The molecule has 154 valence electrons. The molecule has 1 saturated heterocycles. The van der Waals surface area contributed by atoms with E-state index in [1.54, 1.807) is 10.9 Å². The summed E-state index contributed by atoms with van der Waals surface area (Å²) < 4.78 is 1.69. The largest absolute Gasteiger partial charge is 0.368 e. The lowest BCUT2D eigenvalue weighted by Crippen LogP contribution is -2.55. The van der Waals surface area contributed by atoms with Crippen molar-refractivity contribution in [2.24, 2.45) is 7.05 Å². The molecule has 1 aromatic carbocycles. The average molecular weight is 405 g/mol. The highest BCUT2D eigenvalue weighted by molar-refractivity contribution is 6.00. The monoisotopic (exact) mass is 405 g/mol. The van der Waals surface area contributed by atoms with Crippen molar-refractivity contribution in [2.75, 3.05) is 35.6 Å². The van der Waals surface area contributed by atoms with Gasteiger partial charge < -0.3 is 25.8 Å². The molecule has 10 heteroatoms. The number of nitrogens with two attached hydrogens (primary N) is 1. The van der Waals surface area contributed by atoms with Gasteiger partial charge in [-0.1, -0.05) is 12.1 Å². The van der Waals surface area contributed by atoms with Crippen molar-refractivity contribution in [1.82, 2.24) is 29.6 Å². The van der Waals surface area contributed by atoms with Crippen LogP contribution < -0.4 is 16.0 Å². The maximum Gasteiger partial charge on any atom is 0.322 e. The van der Waals surface area contributed by atoms with E-state index in [0.29, 0.717) is 25.3 Å². The average Bonchev–Trinajstić information content (AvgIpc) is 3.35. The molecule has 0 radical (unpaired) electrons. The van der Waals surface area contributed by atoms with Gasteiger partial charge in [-0.05, 0) is 19.1 Å². The Labute approximate surface area is 172 Å². The van der Waals surface area contributed by atoms with Gasteiger partial charge in [0, 0.05) is 44.3 Å². The number of carbonyl (C=O) groups excluding carboxylic acids is 1. The van der Waals surface area contributed by atoms with Gasteiger partial charge in [-0.15, -0.1) is 0 Å². The van der Waals surface area contributed by atoms with E-state index in [1.165, 1.54) is 0 Å². The summed E-state index contributed by atoms with van der Waals surface area (Å²) in [6.45, 7) is 3.86. The van der Waals surface area contributed by atoms with Gasteiger partial charge in [0.05, 0.1) is 22.8 Å². The Bertz CT molecular complexity index is 1240. The van der Waals surface area contributed by atoms with E-state index >= 15 is 0 Å². The molecule has 1 aliphatic rings. The molecule has 4 aromatic rings. The lowest BCUT2D eigenvalue weighted by atomic mass is 10.2. The maximum atomic E-state index is 12.9. The Morgan fingerprint density at radius 3 is 2.97 bits per heavy atom. The number of urea groups is 1. The van der Waals surface area contributed by atoms with Crippen molar-refractivity contribution < 1.29 is 4.79 Å². The molecule has 2 amide bonds. The third-order valence-corrected chi connectivity index (χ3v) is 5.60. The molecule has 0 unspecified atom stereocenters. The Hall–Kier alpha value is -3.82. The normalized spacial score (nSPS) is 17.1. The molecule has 4 heterocycles. The fourth-order valence-corrected chi connectivity index (χ4v) is 4.08. The number of nitrogen functional groups attached to an aromatic ring is 1. The van der Waals surface area contributed by atoms with Crippen LogP contribution in [0.2, 0.25) is 0 Å². The molecular formula is C20H23N9O. The van der Waals surface area contributed by atoms with Gasteiger partial charge in [-0.2, -0.15) is 15.1 Å². The first-order valence-corrected chi connectivity index (χ1v) is 9.85. The van der Waals surface area contributed by atoms with Gasteiger partial charge >= 0.3 is 6.03 Å². The molecule has 0 saturated carbocycles. The first kappa shape index (κ1) is 18.2. The van der Waals surface area contributed by atoms with E-state index in [4.69, 9.17) is 5.73 Å². The zero-order valence-electron chi connectivity index (χ0n) is 16.8. The second-order valence-electron chi connectivity index (χ2n) is 7.58. The van der Waals surface area contributed by atoms with E-state index in [9.17, 15) is 4.79 Å². The summed E-state index contributed by atoms with van der Waals surface area (Å²) in [5, 5.41) is 9.24. The number of nitrogens with zero attached hydrogens (tertiary/aromatic N) is 6. The number of fused-ring (bicyclic) bond motifs is 2. The number of H-pyrrole nitrogens is 1. The van der Waals surface area contributed by atoms with Gasteiger partial charge in [-0.3, -0.25) is 4.68 Å². The Balaban J connectivity index is 1.35. The van der Waals surface area contributed by atoms with Gasteiger partial charge in [0.15, 0.2) is 5.65 Å². The predicted octanol–water partition coefficient (Wildman–Crippen LogP) is 2.17. The molecule has 0 spiro atoms. The van der Waals surface area contributed by atoms with Crippen molar-refractivity contribution in [3.05, 3.63) is 36.7 Å². The molecule has 0 aliphatic carbocycles. The summed E-state index contributed by atoms with van der Waals surface area (Å²) in [6, 6.07) is 7.78. The first-order valence-electron chi connectivity index (χ1n) is 9.85. The number of benzene rings is 1. The number of hydrogen-bond acceptors (Lipinski definition) is 6. The van der Waals surface area contributed by atoms with Crippen LogP contribution >= 0.6 is 0 Å². The van der Waals surface area contributed by atoms with Crippen molar-refractivity contribution in [2.45, 2.75) is 13.0 Å². The predicted molar refractivity (Wildman–Crippen MR) is 116 cm³/mol. The quantitative estimate of drug-likeness (QED) is 0.470. The van der Waals surface area contributed by atoms with E-state index in [0.717, 1.165) is 27.8 Å². The van der Waals surface area contributed by atoms with E-state index in [1.807, 2.05) is 42.4 Å². The molecule has 3 aromatic heterocycles. The maximum absolute atomic E-state index is 12.9. The summed E-state index contributed by atoms with van der Waals surface area (Å²) in [5.74, 6) is 0.974. The summed E-state index contributed by atoms with van der Waals surface area (Å²) in [5.41, 5.74) is 8.33. The highest BCUT2D eigenvalue weighted by Gasteiger charge is 2.29. The summed E-state index contributed by atoms with van der Waals surface area (Å²) in [7, 11) is 1.83. The number of carbonyl (C=O) groups is 1. The molecule has 0 bridgehead atoms. The van der Waals surface area contributed by atoms with Crippen LogP contribution in [0.25, 0.3) is 21.9 Å². The number of aromatic amines is 1. The standard InChI is InChI=1S/C20H23N9O/c1-12-11-28(20(30)24-15-5-3-4-13-6-7-22-16(13)15)8-9-29(12)18-14-10-23-27(2)17(14)25-19(21)26-18/h3-7,10,12,22H,8-9,11H2,1-2H3,(H,24,30)(H2,21,25,26)/t12-/m0/s1. The van der Waals surface area contributed by atoms with Crippen molar-refractivity contribution in [3.8, 4) is 0 Å². The third kappa shape index (κ3) is 2.97. The zero-order valence-corrected chi connectivity index (χ0v) is 16.8. The number of rotatable bonds is 2. The fourth-order valence-electron chi connectivity index (χ4n) is 4.08. The van der Waals surface area contributed by atoms with Gasteiger partial charge in [0.1, 0.15) is 5.82 Å². The van der Waals surface area contributed by atoms with Gasteiger partial charge in [0.2, 0.25) is 5.95 Å². The van der Waals surface area contributed by atoms with Gasteiger partial charge in [-0.25, -0.2) is 4.79 Å². The lowest BCUT2D eigenvalue weighted by molar-refractivity contribution is 0.200. The molecule has 4 N–H and O–H groups in total. The summed E-state index contributed by atoms with van der Waals surface area (Å²) in [4.78, 5) is 28.8. The number of amides is 2. The number of piperazine rings is 1. The van der Waals surface area contributed by atoms with Crippen LogP contribution in [0.4, 0.5) is 22.2 Å². The minimum atomic E-state index is -0.114. The van der Waals surface area contributed by atoms with Crippen molar-refractivity contribution in [1.29, 1.82) is 0 Å². The minimum absolute atomic E-state index is 0.0588. The molecular weight excluding hydrogens is 382 g/mol. The fraction of sp³-hybridized carbons (Fsp3) is 0.300. The topological polar surface area (TPSA) is 121 Å². The van der Waals surface area contributed by atoms with Crippen molar-refractivity contribution >= 4 is 45.4 Å². The number of nitrogens with one attached hydrogen (secondary N) is 2. The van der Waals surface area contributed by atoms with Crippen LogP contribution in [0.1, 0.15) is 6.92 Å². The van der Waals surface area contributed by atoms with Crippen molar-refractivity contribution in [3.63, 3.8) is 0 Å². The molecule has 1 atom stereocenters. The van der Waals surface area contributed by atoms with Crippen LogP contribution in [0, 0.1) is 0 Å². The number of hydrogen-bond donors (Lipinski definition) is 3. The van der Waals surface area contributed by atoms with E-state index < -0.39 is 0 Å². The second-order valence-corrected chi connectivity index (χ2v) is 7.58. The number of para-hydroxylation sites is 1. The summed E-state index contributed by atoms with van der Waals surface area (Å²) in [6.07, 6.45) is 3.63. The van der Waals surface area contributed by atoms with E-state index in [2.05, 4.69) is 37.2 Å². The smallest absolute Gasteiger partial charge is 0.322 e. The molecule has 5 rings (SSSR count). The van der Waals surface area contributed by atoms with Gasteiger partial charge in [0.25, 0.3) is 0 Å². The number of aromatic nitrogens is 5. The van der Waals surface area contributed by atoms with Crippen LogP contribution in [0.5, 0.6) is 0 Å². The Morgan fingerprint density at radius 1 is 1.27 bits per heavy atom. The zero-order chi connectivity index (χ0) is 20.8. The second kappa shape index (κ2) is 6.90. The first-order chi connectivity index (χ1) is 14.5. The molecule has 1 fully saturated rings. The summed E-state index contributed by atoms with van der Waals surface area (Å²) >= 11 is 0. The minimum Gasteiger partial charge on any atom is -0.368 e. The highest BCUT2D eigenvalue weighted by atomic mass is 16.2.